The Kier molecular flexibility index (Phi) is 4.32. The van der Waals surface area contributed by atoms with Crippen LogP contribution in [-0.4, -0.2) is 21.3 Å². The first-order valence-electron chi connectivity index (χ1n) is 5.76. The summed E-state index contributed by atoms with van der Waals surface area (Å²) in [5, 5.41) is 0. The molecule has 0 N–H and O–H groups in total. The fourth-order valence-corrected chi connectivity index (χ4v) is 2.42. The zero-order valence-corrected chi connectivity index (χ0v) is 12.7. The molecule has 0 unspecified atom stereocenters. The molecule has 4 heteroatoms. The number of benzene rings is 2. The molecule has 0 radical (unpaired) electrons. The van der Waals surface area contributed by atoms with E-state index in [-0.39, 0.29) is 0 Å². The molecule has 0 heterocycles. The van der Waals surface area contributed by atoms with Crippen molar-refractivity contribution in [2.45, 2.75) is 0 Å². The van der Waals surface area contributed by atoms with E-state index in [1.807, 2.05) is 36.4 Å². The van der Waals surface area contributed by atoms with E-state index >= 15 is 0 Å². The number of ether oxygens (including phenoxy) is 3. The summed E-state index contributed by atoms with van der Waals surface area (Å²) in [6, 6.07) is 11.6. The molecule has 0 aliphatic carbocycles. The molecule has 0 saturated carbocycles. The monoisotopic (exact) mass is 322 g/mol. The van der Waals surface area contributed by atoms with Crippen LogP contribution in [0.4, 0.5) is 0 Å². The third kappa shape index (κ3) is 2.68. The number of halogens is 1. The van der Waals surface area contributed by atoms with Crippen LogP contribution in [0, 0.1) is 0 Å². The van der Waals surface area contributed by atoms with Gasteiger partial charge in [0.1, 0.15) is 17.2 Å². The predicted molar refractivity (Wildman–Crippen MR) is 79.2 cm³/mol. The molecule has 0 fully saturated rings. The van der Waals surface area contributed by atoms with Crippen molar-refractivity contribution in [3.05, 3.63) is 40.9 Å². The lowest BCUT2D eigenvalue weighted by atomic mass is 10.0. The molecular formula is C15H15BrO3. The van der Waals surface area contributed by atoms with Crippen LogP contribution in [0.5, 0.6) is 17.2 Å². The van der Waals surface area contributed by atoms with E-state index < -0.39 is 0 Å². The second-order valence-electron chi connectivity index (χ2n) is 3.89. The Hall–Kier alpha value is -1.68. The van der Waals surface area contributed by atoms with Gasteiger partial charge in [0, 0.05) is 22.2 Å². The minimum Gasteiger partial charge on any atom is -0.496 e. The molecule has 0 aromatic heterocycles. The lowest BCUT2D eigenvalue weighted by Crippen LogP contribution is -1.95. The van der Waals surface area contributed by atoms with E-state index in [2.05, 4.69) is 15.9 Å². The van der Waals surface area contributed by atoms with Gasteiger partial charge >= 0.3 is 0 Å². The van der Waals surface area contributed by atoms with Crippen LogP contribution < -0.4 is 14.2 Å². The minimum atomic E-state index is 0.699. The third-order valence-corrected chi connectivity index (χ3v) is 3.55. The summed E-state index contributed by atoms with van der Waals surface area (Å²) in [6.45, 7) is 0. The molecule has 3 nitrogen and oxygen atoms in total. The standard InChI is InChI=1S/C15H15BrO3/c1-17-10-8-13(18-2)15(14(9-10)19-3)11-6-4-5-7-12(11)16/h4-9H,1-3H3. The number of hydrogen-bond acceptors (Lipinski definition) is 3. The third-order valence-electron chi connectivity index (χ3n) is 2.86. The summed E-state index contributed by atoms with van der Waals surface area (Å²) in [5.41, 5.74) is 1.91. The zero-order valence-electron chi connectivity index (χ0n) is 11.1. The topological polar surface area (TPSA) is 27.7 Å². The highest BCUT2D eigenvalue weighted by Gasteiger charge is 2.16. The summed E-state index contributed by atoms with van der Waals surface area (Å²) >= 11 is 3.55. The fourth-order valence-electron chi connectivity index (χ4n) is 1.94. The molecule has 2 aromatic carbocycles. The van der Waals surface area contributed by atoms with Crippen LogP contribution in [0.2, 0.25) is 0 Å². The maximum absolute atomic E-state index is 5.46. The van der Waals surface area contributed by atoms with Crippen LogP contribution in [0.3, 0.4) is 0 Å². The maximum atomic E-state index is 5.46. The number of hydrogen-bond donors (Lipinski definition) is 0. The smallest absolute Gasteiger partial charge is 0.134 e. The van der Waals surface area contributed by atoms with Gasteiger partial charge in [-0.05, 0) is 6.07 Å². The molecular weight excluding hydrogens is 308 g/mol. The summed E-state index contributed by atoms with van der Waals surface area (Å²) in [5.74, 6) is 2.12. The van der Waals surface area contributed by atoms with Crippen LogP contribution in [-0.2, 0) is 0 Å². The van der Waals surface area contributed by atoms with E-state index in [0.29, 0.717) is 17.2 Å². The van der Waals surface area contributed by atoms with Gasteiger partial charge in [-0.1, -0.05) is 34.1 Å². The normalized spacial score (nSPS) is 10.1. The van der Waals surface area contributed by atoms with Crippen LogP contribution in [0.1, 0.15) is 0 Å². The van der Waals surface area contributed by atoms with Crippen molar-refractivity contribution >= 4 is 15.9 Å². The Balaban J connectivity index is 2.71. The highest BCUT2D eigenvalue weighted by molar-refractivity contribution is 9.10. The molecule has 19 heavy (non-hydrogen) atoms. The van der Waals surface area contributed by atoms with Crippen LogP contribution >= 0.6 is 15.9 Å². The van der Waals surface area contributed by atoms with Crippen molar-refractivity contribution in [3.8, 4) is 28.4 Å². The lowest BCUT2D eigenvalue weighted by Gasteiger charge is -2.16. The van der Waals surface area contributed by atoms with Gasteiger partial charge in [-0.3, -0.25) is 0 Å². The Labute approximate surface area is 121 Å². The first kappa shape index (κ1) is 13.7. The summed E-state index contributed by atoms with van der Waals surface area (Å²) in [6.07, 6.45) is 0. The quantitative estimate of drug-likeness (QED) is 0.846. The molecule has 2 rings (SSSR count). The van der Waals surface area contributed by atoms with Gasteiger partial charge in [0.2, 0.25) is 0 Å². The second-order valence-corrected chi connectivity index (χ2v) is 4.74. The van der Waals surface area contributed by atoms with Gasteiger partial charge in [-0.25, -0.2) is 0 Å². The molecule has 2 aromatic rings. The molecule has 0 aliphatic rings. The van der Waals surface area contributed by atoms with E-state index in [9.17, 15) is 0 Å². The molecule has 100 valence electrons. The van der Waals surface area contributed by atoms with E-state index in [1.165, 1.54) is 0 Å². The van der Waals surface area contributed by atoms with Crippen molar-refractivity contribution in [2.24, 2.45) is 0 Å². The Morgan fingerprint density at radius 2 is 1.42 bits per heavy atom. The van der Waals surface area contributed by atoms with Gasteiger partial charge in [-0.2, -0.15) is 0 Å². The Morgan fingerprint density at radius 3 is 1.89 bits per heavy atom. The SMILES string of the molecule is COc1cc(OC)c(-c2ccccc2Br)c(OC)c1. The summed E-state index contributed by atoms with van der Waals surface area (Å²) in [7, 11) is 4.88. The molecule has 0 spiro atoms. The highest BCUT2D eigenvalue weighted by atomic mass is 79.9. The van der Waals surface area contributed by atoms with Gasteiger partial charge in [-0.15, -0.1) is 0 Å². The minimum absolute atomic E-state index is 0.699. The van der Waals surface area contributed by atoms with Crippen molar-refractivity contribution in [3.63, 3.8) is 0 Å². The van der Waals surface area contributed by atoms with Crippen LogP contribution in [0.25, 0.3) is 11.1 Å². The van der Waals surface area contributed by atoms with Gasteiger partial charge in [0.15, 0.2) is 0 Å². The average Bonchev–Trinajstić information content (AvgIpc) is 2.46. The second kappa shape index (κ2) is 5.97. The average molecular weight is 323 g/mol. The first-order valence-corrected chi connectivity index (χ1v) is 6.55. The molecule has 0 aliphatic heterocycles. The van der Waals surface area contributed by atoms with E-state index in [0.717, 1.165) is 15.6 Å². The largest absolute Gasteiger partial charge is 0.496 e. The Morgan fingerprint density at radius 1 is 0.842 bits per heavy atom. The predicted octanol–water partition coefficient (Wildman–Crippen LogP) is 4.14. The van der Waals surface area contributed by atoms with Gasteiger partial charge in [0.25, 0.3) is 0 Å². The number of methoxy groups -OCH3 is 3. The summed E-state index contributed by atoms with van der Waals surface area (Å²) in [4.78, 5) is 0. The fraction of sp³-hybridized carbons (Fsp3) is 0.200. The van der Waals surface area contributed by atoms with Crippen molar-refractivity contribution in [1.29, 1.82) is 0 Å². The summed E-state index contributed by atoms with van der Waals surface area (Å²) < 4.78 is 17.1. The highest BCUT2D eigenvalue weighted by Crippen LogP contribution is 2.44. The van der Waals surface area contributed by atoms with Gasteiger partial charge < -0.3 is 14.2 Å². The van der Waals surface area contributed by atoms with Crippen molar-refractivity contribution in [1.82, 2.24) is 0 Å². The van der Waals surface area contributed by atoms with E-state index in [4.69, 9.17) is 14.2 Å². The lowest BCUT2D eigenvalue weighted by molar-refractivity contribution is 0.377. The molecule has 0 saturated heterocycles. The zero-order chi connectivity index (χ0) is 13.8. The number of rotatable bonds is 4. The molecule has 0 amide bonds. The van der Waals surface area contributed by atoms with Crippen LogP contribution in [0.15, 0.2) is 40.9 Å². The van der Waals surface area contributed by atoms with Crippen molar-refractivity contribution < 1.29 is 14.2 Å². The molecule has 0 bridgehead atoms. The van der Waals surface area contributed by atoms with Crippen molar-refractivity contribution in [2.75, 3.05) is 21.3 Å². The van der Waals surface area contributed by atoms with Gasteiger partial charge in [0.05, 0.1) is 26.9 Å². The molecule has 0 atom stereocenters. The maximum Gasteiger partial charge on any atom is 0.134 e. The van der Waals surface area contributed by atoms with E-state index in [1.54, 1.807) is 21.3 Å². The Bertz CT molecular complexity index is 556. The first-order chi connectivity index (χ1) is 9.21.